The molecule has 2 heterocycles. The normalized spacial score (nSPS) is 22.2. The molecule has 1 saturated heterocycles. The maximum atomic E-state index is 13.6. The van der Waals surface area contributed by atoms with Crippen molar-refractivity contribution in [3.63, 3.8) is 0 Å². The number of carbonyl (C=O) groups is 1. The third kappa shape index (κ3) is 4.75. The van der Waals surface area contributed by atoms with Crippen LogP contribution in [0.1, 0.15) is 43.7 Å². The lowest BCUT2D eigenvalue weighted by atomic mass is 10.0. The maximum Gasteiger partial charge on any atom is 0.270 e. The third-order valence-corrected chi connectivity index (χ3v) is 7.55. The average Bonchev–Trinajstić information content (AvgIpc) is 3.50. The van der Waals surface area contributed by atoms with Crippen LogP contribution in [0.25, 0.3) is 0 Å². The molecule has 2 aliphatic heterocycles. The fraction of sp³-hybridized carbons (Fsp3) is 0.440. The second kappa shape index (κ2) is 9.61. The van der Waals surface area contributed by atoms with Gasteiger partial charge in [-0.05, 0) is 48.7 Å². The fourth-order valence-corrected chi connectivity index (χ4v) is 5.71. The number of nitrogens with zero attached hydrogens (tertiary/aromatic N) is 4. The SMILES string of the molecule is O=C(C1=NN(c2ccc(Cl)cc2Cl)C(c2ccc(F)cc2)C1)N1CCN(C2CCCC2)CC1. The van der Waals surface area contributed by atoms with E-state index in [0.717, 1.165) is 31.7 Å². The molecule has 0 radical (unpaired) electrons. The molecule has 1 saturated carbocycles. The van der Waals surface area contributed by atoms with E-state index in [2.05, 4.69) is 4.90 Å². The Hall–Kier alpha value is -2.15. The van der Waals surface area contributed by atoms with Gasteiger partial charge in [-0.15, -0.1) is 0 Å². The first-order chi connectivity index (χ1) is 16.0. The molecule has 2 aromatic carbocycles. The largest absolute Gasteiger partial charge is 0.335 e. The summed E-state index contributed by atoms with van der Waals surface area (Å²) in [7, 11) is 0. The first kappa shape index (κ1) is 22.6. The molecular formula is C25H27Cl2FN4O. The Morgan fingerprint density at radius 3 is 2.33 bits per heavy atom. The van der Waals surface area contributed by atoms with Gasteiger partial charge < -0.3 is 4.90 Å². The van der Waals surface area contributed by atoms with E-state index < -0.39 is 0 Å². The predicted octanol–water partition coefficient (Wildman–Crippen LogP) is 5.53. The zero-order valence-electron chi connectivity index (χ0n) is 18.4. The fourth-order valence-electron chi connectivity index (χ4n) is 5.22. The zero-order chi connectivity index (χ0) is 22.9. The minimum Gasteiger partial charge on any atom is -0.335 e. The molecule has 5 rings (SSSR count). The molecule has 33 heavy (non-hydrogen) atoms. The molecule has 0 spiro atoms. The highest BCUT2D eigenvalue weighted by molar-refractivity contribution is 6.40. The van der Waals surface area contributed by atoms with Gasteiger partial charge in [0, 0.05) is 43.7 Å². The molecule has 0 N–H and O–H groups in total. The molecule has 5 nitrogen and oxygen atoms in total. The molecule has 174 valence electrons. The number of carbonyl (C=O) groups excluding carboxylic acids is 1. The molecule has 2 aromatic rings. The Morgan fingerprint density at radius 2 is 1.67 bits per heavy atom. The van der Waals surface area contributed by atoms with Gasteiger partial charge >= 0.3 is 0 Å². The van der Waals surface area contributed by atoms with Crippen LogP contribution in [-0.2, 0) is 4.79 Å². The van der Waals surface area contributed by atoms with Crippen molar-refractivity contribution in [1.29, 1.82) is 0 Å². The summed E-state index contributed by atoms with van der Waals surface area (Å²) in [5, 5.41) is 7.48. The molecule has 0 bridgehead atoms. The number of benzene rings is 2. The number of halogens is 3. The van der Waals surface area contributed by atoms with E-state index in [1.807, 2.05) is 4.90 Å². The van der Waals surface area contributed by atoms with Crippen LogP contribution < -0.4 is 5.01 Å². The summed E-state index contributed by atoms with van der Waals surface area (Å²) in [5.74, 6) is -0.328. The molecule has 1 unspecified atom stereocenters. The lowest BCUT2D eigenvalue weighted by molar-refractivity contribution is -0.126. The highest BCUT2D eigenvalue weighted by Gasteiger charge is 2.36. The van der Waals surface area contributed by atoms with Crippen molar-refractivity contribution in [2.24, 2.45) is 5.10 Å². The second-order valence-corrected chi connectivity index (χ2v) is 9.87. The number of hydrogen-bond acceptors (Lipinski definition) is 4. The molecule has 1 amide bonds. The average molecular weight is 489 g/mol. The lowest BCUT2D eigenvalue weighted by Crippen LogP contribution is -2.52. The van der Waals surface area contributed by atoms with Crippen molar-refractivity contribution < 1.29 is 9.18 Å². The van der Waals surface area contributed by atoms with Crippen LogP contribution in [0.15, 0.2) is 47.6 Å². The highest BCUT2D eigenvalue weighted by atomic mass is 35.5. The quantitative estimate of drug-likeness (QED) is 0.567. The van der Waals surface area contributed by atoms with E-state index in [9.17, 15) is 9.18 Å². The number of anilines is 1. The summed E-state index contributed by atoms with van der Waals surface area (Å²) < 4.78 is 13.6. The molecule has 8 heteroatoms. The molecule has 2 fully saturated rings. The topological polar surface area (TPSA) is 39.2 Å². The molecular weight excluding hydrogens is 462 g/mol. The van der Waals surface area contributed by atoms with Crippen LogP contribution in [0.3, 0.4) is 0 Å². The van der Waals surface area contributed by atoms with Crippen LogP contribution >= 0.6 is 23.2 Å². The van der Waals surface area contributed by atoms with Crippen LogP contribution in [-0.4, -0.2) is 53.6 Å². The van der Waals surface area contributed by atoms with Gasteiger partial charge in [-0.2, -0.15) is 5.10 Å². The molecule has 1 aliphatic carbocycles. The van der Waals surface area contributed by atoms with Gasteiger partial charge in [0.05, 0.1) is 16.8 Å². The zero-order valence-corrected chi connectivity index (χ0v) is 19.9. The van der Waals surface area contributed by atoms with Crippen molar-refractivity contribution >= 4 is 40.5 Å². The van der Waals surface area contributed by atoms with E-state index in [0.29, 0.717) is 33.9 Å². The summed E-state index contributed by atoms with van der Waals surface area (Å²) in [6, 6.07) is 12.0. The van der Waals surface area contributed by atoms with E-state index in [4.69, 9.17) is 28.3 Å². The molecule has 1 atom stereocenters. The standard InChI is InChI=1S/C25H27Cl2FN4O/c26-18-7-10-23(21(27)15-18)32-24(17-5-8-19(28)9-6-17)16-22(29-32)25(33)31-13-11-30(12-14-31)20-3-1-2-4-20/h5-10,15,20,24H,1-4,11-14,16H2. The Bertz CT molecular complexity index is 1050. The van der Waals surface area contributed by atoms with Gasteiger partial charge in [-0.3, -0.25) is 14.7 Å². The van der Waals surface area contributed by atoms with Gasteiger partial charge in [0.1, 0.15) is 11.5 Å². The lowest BCUT2D eigenvalue weighted by Gasteiger charge is -2.38. The summed E-state index contributed by atoms with van der Waals surface area (Å²) in [6.07, 6.45) is 5.61. The summed E-state index contributed by atoms with van der Waals surface area (Å²) in [6.45, 7) is 3.27. The Morgan fingerprint density at radius 1 is 0.970 bits per heavy atom. The van der Waals surface area contributed by atoms with Gasteiger partial charge in [0.2, 0.25) is 0 Å². The molecule has 3 aliphatic rings. The van der Waals surface area contributed by atoms with E-state index in [1.54, 1.807) is 35.3 Å². The minimum atomic E-state index is -0.301. The summed E-state index contributed by atoms with van der Waals surface area (Å²) >= 11 is 12.6. The van der Waals surface area contributed by atoms with Crippen molar-refractivity contribution in [1.82, 2.24) is 9.80 Å². The van der Waals surface area contributed by atoms with Crippen molar-refractivity contribution in [3.8, 4) is 0 Å². The van der Waals surface area contributed by atoms with Gasteiger partial charge in [-0.1, -0.05) is 48.2 Å². The van der Waals surface area contributed by atoms with Crippen molar-refractivity contribution in [2.75, 3.05) is 31.2 Å². The Kier molecular flexibility index (Phi) is 6.59. The monoisotopic (exact) mass is 488 g/mol. The maximum absolute atomic E-state index is 13.6. The van der Waals surface area contributed by atoms with E-state index in [-0.39, 0.29) is 17.8 Å². The van der Waals surface area contributed by atoms with Crippen molar-refractivity contribution in [2.45, 2.75) is 44.2 Å². The van der Waals surface area contributed by atoms with E-state index >= 15 is 0 Å². The van der Waals surface area contributed by atoms with Crippen LogP contribution in [0.2, 0.25) is 10.0 Å². The van der Waals surface area contributed by atoms with Crippen LogP contribution in [0.4, 0.5) is 10.1 Å². The first-order valence-corrected chi connectivity index (χ1v) is 12.4. The number of rotatable bonds is 4. The van der Waals surface area contributed by atoms with Gasteiger partial charge in [0.25, 0.3) is 5.91 Å². The Labute approximate surface area is 203 Å². The third-order valence-electron chi connectivity index (χ3n) is 7.01. The Balaban J connectivity index is 1.36. The number of amides is 1. The smallest absolute Gasteiger partial charge is 0.270 e. The predicted molar refractivity (Wildman–Crippen MR) is 131 cm³/mol. The number of hydrazone groups is 1. The van der Waals surface area contributed by atoms with Crippen LogP contribution in [0, 0.1) is 5.82 Å². The molecule has 0 aromatic heterocycles. The van der Waals surface area contributed by atoms with Crippen molar-refractivity contribution in [3.05, 3.63) is 63.9 Å². The second-order valence-electron chi connectivity index (χ2n) is 9.02. The van der Waals surface area contributed by atoms with Crippen LogP contribution in [0.5, 0.6) is 0 Å². The van der Waals surface area contributed by atoms with Gasteiger partial charge in [0.15, 0.2) is 0 Å². The highest BCUT2D eigenvalue weighted by Crippen LogP contribution is 2.40. The number of hydrogen-bond donors (Lipinski definition) is 0. The summed E-state index contributed by atoms with van der Waals surface area (Å²) in [5.41, 5.74) is 2.05. The number of piperazine rings is 1. The van der Waals surface area contributed by atoms with E-state index in [1.165, 1.54) is 37.8 Å². The first-order valence-electron chi connectivity index (χ1n) is 11.6. The summed E-state index contributed by atoms with van der Waals surface area (Å²) in [4.78, 5) is 17.9. The van der Waals surface area contributed by atoms with Gasteiger partial charge in [-0.25, -0.2) is 4.39 Å². The minimum absolute atomic E-state index is 0.0271.